The summed E-state index contributed by atoms with van der Waals surface area (Å²) < 4.78 is 5.20. The second kappa shape index (κ2) is 6.73. The quantitative estimate of drug-likeness (QED) is 0.475. The molecule has 2 rings (SSSR count). The van der Waals surface area contributed by atoms with Crippen molar-refractivity contribution in [3.05, 3.63) is 38.3 Å². The molecule has 122 valence electrons. The lowest BCUT2D eigenvalue weighted by Gasteiger charge is -2.18. The highest BCUT2D eigenvalue weighted by atomic mass is 79.9. The molecule has 10 heteroatoms. The van der Waals surface area contributed by atoms with Gasteiger partial charge in [-0.2, -0.15) is 0 Å². The number of urea groups is 1. The van der Waals surface area contributed by atoms with Gasteiger partial charge in [-0.15, -0.1) is 0 Å². The van der Waals surface area contributed by atoms with Crippen molar-refractivity contribution in [2.75, 3.05) is 13.1 Å². The Bertz CT molecular complexity index is 692. The standard InChI is InChI=1S/C13H12BrN3O6/c1-7(11(18)16-5-4-15-13(16)20)23-12(19)8-2-3-9(14)10(6-8)17(21)22/h2-3,6-7H,4-5H2,1H3,(H,15,20)/t7-/m0/s1. The first-order valence-electron chi connectivity index (χ1n) is 6.55. The molecule has 1 aliphatic heterocycles. The van der Waals surface area contributed by atoms with Gasteiger partial charge in [0, 0.05) is 19.2 Å². The van der Waals surface area contributed by atoms with Crippen molar-refractivity contribution >= 4 is 39.5 Å². The summed E-state index contributed by atoms with van der Waals surface area (Å²) in [6.07, 6.45) is -1.19. The molecule has 0 bridgehead atoms. The van der Waals surface area contributed by atoms with E-state index in [2.05, 4.69) is 21.2 Å². The van der Waals surface area contributed by atoms with Crippen molar-refractivity contribution < 1.29 is 24.0 Å². The third kappa shape index (κ3) is 3.65. The Balaban J connectivity index is 2.09. The van der Waals surface area contributed by atoms with Crippen LogP contribution in [0.15, 0.2) is 22.7 Å². The number of rotatable bonds is 4. The van der Waals surface area contributed by atoms with Crippen molar-refractivity contribution in [1.82, 2.24) is 10.2 Å². The van der Waals surface area contributed by atoms with Crippen LogP contribution in [0.4, 0.5) is 10.5 Å². The van der Waals surface area contributed by atoms with E-state index >= 15 is 0 Å². The van der Waals surface area contributed by atoms with Gasteiger partial charge in [-0.05, 0) is 35.0 Å². The average molecular weight is 386 g/mol. The monoisotopic (exact) mass is 385 g/mol. The number of ether oxygens (including phenoxy) is 1. The highest BCUT2D eigenvalue weighted by Gasteiger charge is 2.32. The van der Waals surface area contributed by atoms with Crippen LogP contribution in [0.25, 0.3) is 0 Å². The van der Waals surface area contributed by atoms with E-state index in [9.17, 15) is 24.5 Å². The first-order chi connectivity index (χ1) is 10.8. The van der Waals surface area contributed by atoms with Crippen molar-refractivity contribution in [3.63, 3.8) is 0 Å². The van der Waals surface area contributed by atoms with E-state index in [4.69, 9.17) is 4.74 Å². The van der Waals surface area contributed by atoms with E-state index in [-0.39, 0.29) is 22.3 Å². The van der Waals surface area contributed by atoms with E-state index in [1.165, 1.54) is 19.1 Å². The molecule has 0 unspecified atom stereocenters. The summed E-state index contributed by atoms with van der Waals surface area (Å²) in [4.78, 5) is 46.6. The number of nitro groups is 1. The second-order valence-corrected chi connectivity index (χ2v) is 5.55. The van der Waals surface area contributed by atoms with Crippen LogP contribution in [0.2, 0.25) is 0 Å². The summed E-state index contributed by atoms with van der Waals surface area (Å²) in [5.74, 6) is -1.54. The number of carbonyl (C=O) groups excluding carboxylic acids is 3. The topological polar surface area (TPSA) is 119 Å². The smallest absolute Gasteiger partial charge is 0.339 e. The molecule has 0 aromatic heterocycles. The Labute approximate surface area is 138 Å². The third-order valence-corrected chi connectivity index (χ3v) is 3.80. The molecular formula is C13H12BrN3O6. The maximum atomic E-state index is 12.0. The molecule has 0 aliphatic carbocycles. The number of halogens is 1. The highest BCUT2D eigenvalue weighted by molar-refractivity contribution is 9.10. The minimum atomic E-state index is -1.19. The van der Waals surface area contributed by atoms with Crippen LogP contribution in [-0.2, 0) is 9.53 Å². The second-order valence-electron chi connectivity index (χ2n) is 4.69. The number of hydrogen-bond acceptors (Lipinski definition) is 6. The fourth-order valence-corrected chi connectivity index (χ4v) is 2.35. The lowest BCUT2D eigenvalue weighted by molar-refractivity contribution is -0.385. The van der Waals surface area contributed by atoms with Crippen LogP contribution >= 0.6 is 15.9 Å². The zero-order valence-corrected chi connectivity index (χ0v) is 13.5. The molecule has 1 aliphatic rings. The molecule has 0 saturated carbocycles. The number of esters is 1. The predicted octanol–water partition coefficient (Wildman–Crippen LogP) is 1.45. The molecule has 1 aromatic rings. The number of nitro benzene ring substituents is 1. The maximum Gasteiger partial charge on any atom is 0.339 e. The van der Waals surface area contributed by atoms with Crippen molar-refractivity contribution in [2.45, 2.75) is 13.0 Å². The van der Waals surface area contributed by atoms with Gasteiger partial charge in [0.1, 0.15) is 0 Å². The van der Waals surface area contributed by atoms with Gasteiger partial charge >= 0.3 is 12.0 Å². The Morgan fingerprint density at radius 1 is 1.48 bits per heavy atom. The molecule has 1 heterocycles. The van der Waals surface area contributed by atoms with Gasteiger partial charge in [-0.3, -0.25) is 19.8 Å². The molecule has 0 spiro atoms. The summed E-state index contributed by atoms with van der Waals surface area (Å²) in [7, 11) is 0. The Hall–Kier alpha value is -2.49. The number of amides is 3. The molecular weight excluding hydrogens is 374 g/mol. The van der Waals surface area contributed by atoms with Gasteiger partial charge in [0.2, 0.25) is 0 Å². The molecule has 1 saturated heterocycles. The molecule has 1 N–H and O–H groups in total. The summed E-state index contributed by atoms with van der Waals surface area (Å²) in [6.45, 7) is 1.87. The summed E-state index contributed by atoms with van der Waals surface area (Å²) in [5, 5.41) is 13.3. The molecule has 9 nitrogen and oxygen atoms in total. The van der Waals surface area contributed by atoms with Crippen molar-refractivity contribution in [3.8, 4) is 0 Å². The fraction of sp³-hybridized carbons (Fsp3) is 0.308. The van der Waals surface area contributed by atoms with E-state index in [0.717, 1.165) is 11.0 Å². The number of benzene rings is 1. The van der Waals surface area contributed by atoms with Gasteiger partial charge in [-0.25, -0.2) is 9.59 Å². The fourth-order valence-electron chi connectivity index (χ4n) is 1.96. The van der Waals surface area contributed by atoms with Gasteiger partial charge in [0.15, 0.2) is 6.10 Å². The van der Waals surface area contributed by atoms with Gasteiger partial charge in [-0.1, -0.05) is 0 Å². The molecule has 23 heavy (non-hydrogen) atoms. The average Bonchev–Trinajstić information content (AvgIpc) is 2.92. The minimum absolute atomic E-state index is 0.0644. The number of carbonyl (C=O) groups is 3. The summed E-state index contributed by atoms with van der Waals surface area (Å²) in [5.41, 5.74) is -0.359. The zero-order chi connectivity index (χ0) is 17.1. The van der Waals surface area contributed by atoms with Crippen LogP contribution in [0.1, 0.15) is 17.3 Å². The van der Waals surface area contributed by atoms with Crippen LogP contribution in [0, 0.1) is 10.1 Å². The van der Waals surface area contributed by atoms with E-state index in [0.29, 0.717) is 6.54 Å². The molecule has 1 atom stereocenters. The number of hydrogen-bond donors (Lipinski definition) is 1. The molecule has 0 radical (unpaired) electrons. The van der Waals surface area contributed by atoms with Crippen molar-refractivity contribution in [1.29, 1.82) is 0 Å². The Morgan fingerprint density at radius 3 is 2.74 bits per heavy atom. The largest absolute Gasteiger partial charge is 0.449 e. The van der Waals surface area contributed by atoms with Crippen LogP contribution in [0.5, 0.6) is 0 Å². The van der Waals surface area contributed by atoms with Gasteiger partial charge in [0.05, 0.1) is 15.0 Å². The minimum Gasteiger partial charge on any atom is -0.449 e. The maximum absolute atomic E-state index is 12.0. The van der Waals surface area contributed by atoms with Crippen LogP contribution < -0.4 is 5.32 Å². The number of nitrogens with one attached hydrogen (secondary N) is 1. The van der Waals surface area contributed by atoms with Crippen molar-refractivity contribution in [2.24, 2.45) is 0 Å². The highest BCUT2D eigenvalue weighted by Crippen LogP contribution is 2.26. The van der Waals surface area contributed by atoms with E-state index in [1.807, 2.05) is 0 Å². The number of imide groups is 1. The van der Waals surface area contributed by atoms with Crippen LogP contribution in [0.3, 0.4) is 0 Å². The van der Waals surface area contributed by atoms with Gasteiger partial charge in [0.25, 0.3) is 11.6 Å². The third-order valence-electron chi connectivity index (χ3n) is 3.13. The SMILES string of the molecule is C[C@H](OC(=O)c1ccc(Br)c([N+](=O)[O-])c1)C(=O)N1CCNC1=O. The first kappa shape index (κ1) is 16.9. The van der Waals surface area contributed by atoms with E-state index in [1.54, 1.807) is 0 Å². The molecule has 1 fully saturated rings. The summed E-state index contributed by atoms with van der Waals surface area (Å²) in [6, 6.07) is 3.18. The predicted molar refractivity (Wildman–Crippen MR) is 80.8 cm³/mol. The normalized spacial score (nSPS) is 15.0. The Kier molecular flexibility index (Phi) is 4.94. The van der Waals surface area contributed by atoms with Crippen LogP contribution in [-0.4, -0.2) is 46.9 Å². The first-order valence-corrected chi connectivity index (χ1v) is 7.34. The zero-order valence-electron chi connectivity index (χ0n) is 11.9. The molecule has 3 amide bonds. The summed E-state index contributed by atoms with van der Waals surface area (Å²) >= 11 is 3.01. The Morgan fingerprint density at radius 2 is 2.17 bits per heavy atom. The lowest BCUT2D eigenvalue weighted by atomic mass is 10.2. The number of nitrogens with zero attached hydrogens (tertiary/aromatic N) is 2. The lowest BCUT2D eigenvalue weighted by Crippen LogP contribution is -2.41. The molecule has 1 aromatic carbocycles. The van der Waals surface area contributed by atoms with Gasteiger partial charge < -0.3 is 10.1 Å². The van der Waals surface area contributed by atoms with E-state index < -0.39 is 28.9 Å².